The zero-order valence-corrected chi connectivity index (χ0v) is 16.5. The Kier molecular flexibility index (Phi) is 4.81. The smallest absolute Gasteiger partial charge is 0.410 e. The van der Waals surface area contributed by atoms with Gasteiger partial charge in [0.05, 0.1) is 30.2 Å². The normalized spacial score (nSPS) is 18.3. The highest BCUT2D eigenvalue weighted by molar-refractivity contribution is 5.91. The molecule has 2 saturated heterocycles. The average Bonchev–Trinajstić information content (AvgIpc) is 3.21. The highest BCUT2D eigenvalue weighted by Crippen LogP contribution is 2.35. The summed E-state index contributed by atoms with van der Waals surface area (Å²) in [4.78, 5) is 25.3. The van der Waals surface area contributed by atoms with Crippen molar-refractivity contribution in [2.24, 2.45) is 0 Å². The van der Waals surface area contributed by atoms with E-state index in [0.29, 0.717) is 31.9 Å². The lowest BCUT2D eigenvalue weighted by Crippen LogP contribution is -2.51. The van der Waals surface area contributed by atoms with Crippen LogP contribution in [0, 0.1) is 11.3 Å². The monoisotopic (exact) mass is 403 g/mol. The van der Waals surface area contributed by atoms with Gasteiger partial charge < -0.3 is 19.3 Å². The molecule has 8 nitrogen and oxygen atoms in total. The number of anilines is 1. The van der Waals surface area contributed by atoms with Crippen LogP contribution in [0.1, 0.15) is 22.5 Å². The quantitative estimate of drug-likeness (QED) is 0.775. The summed E-state index contributed by atoms with van der Waals surface area (Å²) in [6, 6.07) is 7.80. The van der Waals surface area contributed by atoms with Gasteiger partial charge in [-0.2, -0.15) is 5.26 Å². The number of piperazine rings is 1. The maximum absolute atomic E-state index is 12.3. The molecule has 0 aromatic carbocycles. The van der Waals surface area contributed by atoms with E-state index >= 15 is 0 Å². The molecule has 2 aliphatic heterocycles. The Bertz CT molecular complexity index is 1030. The molecule has 0 bridgehead atoms. The van der Waals surface area contributed by atoms with E-state index in [1.165, 1.54) is 0 Å². The van der Waals surface area contributed by atoms with E-state index in [2.05, 4.69) is 27.0 Å². The molecule has 2 aromatic rings. The predicted octanol–water partition coefficient (Wildman–Crippen LogP) is 2.10. The first-order valence-corrected chi connectivity index (χ1v) is 10.0. The van der Waals surface area contributed by atoms with Crippen LogP contribution in [0.4, 0.5) is 10.5 Å². The Morgan fingerprint density at radius 1 is 1.17 bits per heavy atom. The molecule has 30 heavy (non-hydrogen) atoms. The van der Waals surface area contributed by atoms with Gasteiger partial charge in [-0.25, -0.2) is 4.79 Å². The van der Waals surface area contributed by atoms with Crippen LogP contribution < -0.4 is 4.90 Å². The van der Waals surface area contributed by atoms with E-state index in [1.807, 2.05) is 18.3 Å². The lowest BCUT2D eigenvalue weighted by Gasteiger charge is -2.37. The minimum atomic E-state index is -0.253. The van der Waals surface area contributed by atoms with Crippen LogP contribution in [0.15, 0.2) is 30.6 Å². The summed E-state index contributed by atoms with van der Waals surface area (Å²) in [6.07, 6.45) is 5.95. The highest BCUT2D eigenvalue weighted by atomic mass is 16.6. The van der Waals surface area contributed by atoms with Gasteiger partial charge in [0.15, 0.2) is 6.10 Å². The van der Waals surface area contributed by atoms with Crippen molar-refractivity contribution in [2.45, 2.75) is 12.5 Å². The fourth-order valence-electron chi connectivity index (χ4n) is 3.93. The van der Waals surface area contributed by atoms with Gasteiger partial charge in [0.25, 0.3) is 0 Å². The number of ether oxygens (including phenoxy) is 2. The van der Waals surface area contributed by atoms with Crippen molar-refractivity contribution in [1.29, 1.82) is 5.26 Å². The summed E-state index contributed by atoms with van der Waals surface area (Å²) in [7, 11) is 0. The number of rotatable bonds is 3. The van der Waals surface area contributed by atoms with Crippen molar-refractivity contribution < 1.29 is 14.3 Å². The zero-order valence-electron chi connectivity index (χ0n) is 16.5. The Morgan fingerprint density at radius 3 is 2.67 bits per heavy atom. The van der Waals surface area contributed by atoms with Gasteiger partial charge in [-0.05, 0) is 29.8 Å². The summed E-state index contributed by atoms with van der Waals surface area (Å²) in [5.41, 5.74) is 5.78. The topological polar surface area (TPSA) is 91.6 Å². The van der Waals surface area contributed by atoms with E-state index in [4.69, 9.17) is 14.7 Å². The molecule has 152 valence electrons. The molecule has 1 aliphatic carbocycles. The fraction of sp³-hybridized carbons (Fsp3) is 0.364. The summed E-state index contributed by atoms with van der Waals surface area (Å²) < 4.78 is 10.5. The number of pyridine rings is 2. The third-order valence-corrected chi connectivity index (χ3v) is 5.70. The number of allylic oxidation sites excluding steroid dienone is 1. The van der Waals surface area contributed by atoms with Crippen molar-refractivity contribution in [3.8, 4) is 6.07 Å². The standard InChI is InChI=1S/C22H21N5O3/c23-11-15-1-2-19(25-12-15)16-9-18-20(10-16)24-4-3-21(18)26-5-7-27(8-6-26)22(28)30-17-13-29-14-17/h1-4,9,12,17H,5-8,10,13-14H2. The first-order chi connectivity index (χ1) is 14.7. The fourth-order valence-corrected chi connectivity index (χ4v) is 3.93. The summed E-state index contributed by atoms with van der Waals surface area (Å²) in [6.45, 7) is 3.72. The van der Waals surface area contributed by atoms with E-state index in [-0.39, 0.29) is 12.2 Å². The maximum Gasteiger partial charge on any atom is 0.410 e. The predicted molar refractivity (Wildman–Crippen MR) is 110 cm³/mol. The molecule has 0 radical (unpaired) electrons. The van der Waals surface area contributed by atoms with Crippen LogP contribution in [-0.4, -0.2) is 66.5 Å². The molecule has 2 fully saturated rings. The number of fused-ring (bicyclic) bond motifs is 1. The average molecular weight is 403 g/mol. The van der Waals surface area contributed by atoms with Crippen LogP contribution in [0.5, 0.6) is 0 Å². The molecular formula is C22H21N5O3. The number of hydrogen-bond donors (Lipinski definition) is 0. The number of carbonyl (C=O) groups is 1. The number of amides is 1. The Morgan fingerprint density at radius 2 is 2.00 bits per heavy atom. The number of hydrogen-bond acceptors (Lipinski definition) is 7. The minimum absolute atomic E-state index is 0.0987. The van der Waals surface area contributed by atoms with Crippen LogP contribution in [0.3, 0.4) is 0 Å². The van der Waals surface area contributed by atoms with Gasteiger partial charge in [0, 0.05) is 56.2 Å². The maximum atomic E-state index is 12.3. The van der Waals surface area contributed by atoms with Gasteiger partial charge in [0.1, 0.15) is 6.07 Å². The molecule has 4 heterocycles. The molecule has 8 heteroatoms. The number of nitrogens with zero attached hydrogens (tertiary/aromatic N) is 5. The van der Waals surface area contributed by atoms with Crippen molar-refractivity contribution in [3.63, 3.8) is 0 Å². The second-order valence-corrected chi connectivity index (χ2v) is 7.60. The zero-order chi connectivity index (χ0) is 20.5. The Balaban J connectivity index is 1.29. The SMILES string of the molecule is N#Cc1ccc(C2=Cc3c(N4CCN(C(=O)OC5COC5)CC4)ccnc3C2)nc1. The second kappa shape index (κ2) is 7.76. The third-order valence-electron chi connectivity index (χ3n) is 5.70. The molecule has 3 aliphatic rings. The second-order valence-electron chi connectivity index (χ2n) is 7.60. The number of aromatic nitrogens is 2. The van der Waals surface area contributed by atoms with Crippen LogP contribution in [-0.2, 0) is 15.9 Å². The van der Waals surface area contributed by atoms with E-state index in [9.17, 15) is 4.79 Å². The summed E-state index contributed by atoms with van der Waals surface area (Å²) in [5, 5.41) is 8.97. The number of nitriles is 1. The first kappa shape index (κ1) is 18.6. The van der Waals surface area contributed by atoms with E-state index < -0.39 is 0 Å². The molecule has 0 saturated carbocycles. The molecule has 1 amide bonds. The van der Waals surface area contributed by atoms with Crippen molar-refractivity contribution >= 4 is 23.4 Å². The Hall–Kier alpha value is -3.44. The van der Waals surface area contributed by atoms with Crippen LogP contribution in [0.25, 0.3) is 11.6 Å². The summed E-state index contributed by atoms with van der Waals surface area (Å²) >= 11 is 0. The third kappa shape index (κ3) is 3.48. The highest BCUT2D eigenvalue weighted by Gasteiger charge is 2.29. The summed E-state index contributed by atoms with van der Waals surface area (Å²) in [5.74, 6) is 0. The van der Waals surface area contributed by atoms with Gasteiger partial charge >= 0.3 is 6.09 Å². The molecule has 5 rings (SSSR count). The van der Waals surface area contributed by atoms with Gasteiger partial charge in [-0.15, -0.1) is 0 Å². The van der Waals surface area contributed by atoms with Gasteiger partial charge in [-0.1, -0.05) is 0 Å². The van der Waals surface area contributed by atoms with Crippen molar-refractivity contribution in [2.75, 3.05) is 44.3 Å². The van der Waals surface area contributed by atoms with Crippen LogP contribution >= 0.6 is 0 Å². The van der Waals surface area contributed by atoms with Crippen LogP contribution in [0.2, 0.25) is 0 Å². The van der Waals surface area contributed by atoms with Crippen molar-refractivity contribution in [3.05, 3.63) is 53.1 Å². The molecule has 2 aromatic heterocycles. The molecular weight excluding hydrogens is 382 g/mol. The van der Waals surface area contributed by atoms with E-state index in [1.54, 1.807) is 17.2 Å². The molecule has 0 unspecified atom stereocenters. The largest absolute Gasteiger partial charge is 0.441 e. The molecule has 0 N–H and O–H groups in total. The molecule has 0 atom stereocenters. The van der Waals surface area contributed by atoms with E-state index in [0.717, 1.165) is 47.7 Å². The van der Waals surface area contributed by atoms with Crippen molar-refractivity contribution in [1.82, 2.24) is 14.9 Å². The lowest BCUT2D eigenvalue weighted by molar-refractivity contribution is -0.104. The number of carbonyl (C=O) groups excluding carboxylic acids is 1. The minimum Gasteiger partial charge on any atom is -0.441 e. The van der Waals surface area contributed by atoms with Gasteiger partial charge in [-0.3, -0.25) is 9.97 Å². The molecule has 0 spiro atoms. The first-order valence-electron chi connectivity index (χ1n) is 10.0. The Labute approximate surface area is 174 Å². The lowest BCUT2D eigenvalue weighted by atomic mass is 10.1. The van der Waals surface area contributed by atoms with Gasteiger partial charge in [0.2, 0.25) is 0 Å².